The predicted octanol–water partition coefficient (Wildman–Crippen LogP) is 4.47. The van der Waals surface area contributed by atoms with Gasteiger partial charge in [-0.15, -0.1) is 0 Å². The maximum Gasteiger partial charge on any atom is 0.317 e. The van der Waals surface area contributed by atoms with Crippen LogP contribution >= 0.6 is 0 Å². The van der Waals surface area contributed by atoms with Gasteiger partial charge in [0.1, 0.15) is 11.6 Å². The van der Waals surface area contributed by atoms with Crippen molar-refractivity contribution in [2.45, 2.75) is 37.6 Å². The number of nitrogens with zero attached hydrogens (tertiary/aromatic N) is 3. The van der Waals surface area contributed by atoms with Crippen LogP contribution in [0.15, 0.2) is 42.5 Å². The molecule has 2 unspecified atom stereocenters. The smallest absolute Gasteiger partial charge is 0.317 e. The number of hydrogen-bond donors (Lipinski definition) is 1. The van der Waals surface area contributed by atoms with Gasteiger partial charge in [-0.25, -0.2) is 13.6 Å². The van der Waals surface area contributed by atoms with Crippen molar-refractivity contribution in [1.29, 1.82) is 0 Å². The molecule has 5 rings (SSSR count). The summed E-state index contributed by atoms with van der Waals surface area (Å²) in [5.41, 5.74) is 3.04. The Labute approximate surface area is 188 Å². The largest absolute Gasteiger partial charge is 0.338 e. The van der Waals surface area contributed by atoms with Crippen molar-refractivity contribution in [2.24, 2.45) is 0 Å². The van der Waals surface area contributed by atoms with Crippen LogP contribution in [0.2, 0.25) is 0 Å². The maximum atomic E-state index is 14.1. The summed E-state index contributed by atoms with van der Waals surface area (Å²) in [6.45, 7) is 5.30. The van der Waals surface area contributed by atoms with Gasteiger partial charge < -0.3 is 20.0 Å². The molecule has 170 valence electrons. The standard InChI is InChI=1S/C25H30F2N4O/c26-18-4-7-20(8-5-18)31-23-9-6-19(27)16-21(23)22-17-29(15-10-24(22)31)12-1-2-13-30-14-3-11-28-25(30)32/h4-9,16,22,24H,1-3,10-15,17H2,(H,28,32). The van der Waals surface area contributed by atoms with Gasteiger partial charge in [-0.2, -0.15) is 0 Å². The first-order chi connectivity index (χ1) is 15.6. The second kappa shape index (κ2) is 9.06. The van der Waals surface area contributed by atoms with E-state index < -0.39 is 0 Å². The Hall–Kier alpha value is -2.67. The zero-order valence-electron chi connectivity index (χ0n) is 18.3. The van der Waals surface area contributed by atoms with Gasteiger partial charge in [0.05, 0.1) is 0 Å². The molecule has 2 saturated heterocycles. The van der Waals surface area contributed by atoms with Gasteiger partial charge in [0, 0.05) is 56.1 Å². The van der Waals surface area contributed by atoms with Crippen LogP contribution in [0.25, 0.3) is 0 Å². The van der Waals surface area contributed by atoms with Gasteiger partial charge in [0.25, 0.3) is 0 Å². The Morgan fingerprint density at radius 2 is 1.75 bits per heavy atom. The number of amides is 2. The second-order valence-corrected chi connectivity index (χ2v) is 9.09. The number of carbonyl (C=O) groups is 1. The van der Waals surface area contributed by atoms with Gasteiger partial charge in [-0.3, -0.25) is 0 Å². The number of rotatable bonds is 6. The molecule has 0 aliphatic carbocycles. The van der Waals surface area contributed by atoms with Crippen LogP contribution in [-0.2, 0) is 0 Å². The van der Waals surface area contributed by atoms with Gasteiger partial charge >= 0.3 is 6.03 Å². The number of anilines is 2. The van der Waals surface area contributed by atoms with Crippen molar-refractivity contribution in [3.8, 4) is 0 Å². The fourth-order valence-electron chi connectivity index (χ4n) is 5.51. The third-order valence-corrected chi connectivity index (χ3v) is 7.07. The van der Waals surface area contributed by atoms with E-state index in [-0.39, 0.29) is 29.6 Å². The fraction of sp³-hybridized carbons (Fsp3) is 0.480. The molecule has 0 radical (unpaired) electrons. The van der Waals surface area contributed by atoms with Crippen molar-refractivity contribution in [2.75, 3.05) is 44.2 Å². The molecule has 3 heterocycles. The molecule has 0 spiro atoms. The lowest BCUT2D eigenvalue weighted by atomic mass is 9.89. The van der Waals surface area contributed by atoms with Crippen molar-refractivity contribution < 1.29 is 13.6 Å². The van der Waals surface area contributed by atoms with Crippen molar-refractivity contribution in [3.63, 3.8) is 0 Å². The molecule has 2 atom stereocenters. The van der Waals surface area contributed by atoms with E-state index in [1.165, 1.54) is 18.2 Å². The SMILES string of the molecule is O=C1NCCCN1CCCCN1CCC2C(C1)c1cc(F)ccc1N2c1ccc(F)cc1. The van der Waals surface area contributed by atoms with Crippen LogP contribution in [0.4, 0.5) is 25.0 Å². The normalized spacial score (nSPS) is 23.1. The predicted molar refractivity (Wildman–Crippen MR) is 121 cm³/mol. The van der Waals surface area contributed by atoms with Crippen molar-refractivity contribution in [3.05, 3.63) is 59.7 Å². The first-order valence-electron chi connectivity index (χ1n) is 11.7. The summed E-state index contributed by atoms with van der Waals surface area (Å²) < 4.78 is 27.6. The van der Waals surface area contributed by atoms with Crippen LogP contribution in [0.5, 0.6) is 0 Å². The lowest BCUT2D eigenvalue weighted by molar-refractivity contribution is 0.176. The summed E-state index contributed by atoms with van der Waals surface area (Å²) in [6, 6.07) is 12.0. The number of fused-ring (bicyclic) bond motifs is 3. The Bertz CT molecular complexity index is 967. The molecule has 3 aliphatic rings. The summed E-state index contributed by atoms with van der Waals surface area (Å²) in [5.74, 6) is -0.228. The minimum absolute atomic E-state index is 0.0579. The first kappa shape index (κ1) is 21.2. The van der Waals surface area contributed by atoms with Crippen LogP contribution < -0.4 is 10.2 Å². The van der Waals surface area contributed by atoms with E-state index >= 15 is 0 Å². The topological polar surface area (TPSA) is 38.8 Å². The second-order valence-electron chi connectivity index (χ2n) is 9.09. The lowest BCUT2D eigenvalue weighted by Crippen LogP contribution is -2.47. The molecule has 7 heteroatoms. The molecule has 1 N–H and O–H groups in total. The molecule has 0 aromatic heterocycles. The van der Waals surface area contributed by atoms with E-state index in [1.54, 1.807) is 6.07 Å². The molecule has 2 aromatic rings. The molecule has 0 saturated carbocycles. The average molecular weight is 441 g/mol. The number of halogens is 2. The number of unbranched alkanes of at least 4 members (excludes halogenated alkanes) is 1. The third-order valence-electron chi connectivity index (χ3n) is 7.07. The number of nitrogens with one attached hydrogen (secondary N) is 1. The van der Waals surface area contributed by atoms with Gasteiger partial charge in [0.2, 0.25) is 0 Å². The number of benzene rings is 2. The van der Waals surface area contributed by atoms with Gasteiger partial charge in [-0.1, -0.05) is 0 Å². The molecule has 0 bridgehead atoms. The van der Waals surface area contributed by atoms with Crippen LogP contribution in [0.3, 0.4) is 0 Å². The molecular weight excluding hydrogens is 410 g/mol. The molecular formula is C25H30F2N4O. The Balaban J connectivity index is 1.24. The van der Waals surface area contributed by atoms with E-state index in [9.17, 15) is 13.6 Å². The van der Waals surface area contributed by atoms with Gasteiger partial charge in [0.15, 0.2) is 0 Å². The molecule has 32 heavy (non-hydrogen) atoms. The quantitative estimate of drug-likeness (QED) is 0.674. The van der Waals surface area contributed by atoms with E-state index in [0.29, 0.717) is 0 Å². The van der Waals surface area contributed by atoms with E-state index in [0.717, 1.165) is 81.9 Å². The monoisotopic (exact) mass is 440 g/mol. The Kier molecular flexibility index (Phi) is 6.00. The molecule has 5 nitrogen and oxygen atoms in total. The summed E-state index contributed by atoms with van der Waals surface area (Å²) in [6.07, 6.45) is 4.03. The highest BCUT2D eigenvalue weighted by Gasteiger charge is 2.42. The van der Waals surface area contributed by atoms with E-state index in [1.807, 2.05) is 23.1 Å². The highest BCUT2D eigenvalue weighted by Crippen LogP contribution is 2.48. The number of hydrogen-bond acceptors (Lipinski definition) is 3. The summed E-state index contributed by atoms with van der Waals surface area (Å²) in [7, 11) is 0. The third kappa shape index (κ3) is 4.18. The van der Waals surface area contributed by atoms with Crippen molar-refractivity contribution >= 4 is 17.4 Å². The van der Waals surface area contributed by atoms with Crippen LogP contribution in [-0.4, -0.2) is 61.1 Å². The minimum atomic E-state index is -0.249. The minimum Gasteiger partial charge on any atom is -0.338 e. The van der Waals surface area contributed by atoms with Crippen LogP contribution in [0, 0.1) is 11.6 Å². The summed E-state index contributed by atoms with van der Waals surface area (Å²) >= 11 is 0. The van der Waals surface area contributed by atoms with E-state index in [2.05, 4.69) is 15.1 Å². The number of urea groups is 1. The zero-order valence-corrected chi connectivity index (χ0v) is 18.3. The lowest BCUT2D eigenvalue weighted by Gasteiger charge is -2.39. The summed E-state index contributed by atoms with van der Waals surface area (Å²) in [5, 5.41) is 2.90. The van der Waals surface area contributed by atoms with Gasteiger partial charge in [-0.05, 0) is 80.3 Å². The number of carbonyl (C=O) groups excluding carboxylic acids is 1. The molecule has 2 aromatic carbocycles. The highest BCUT2D eigenvalue weighted by molar-refractivity contribution is 5.75. The Morgan fingerprint density at radius 3 is 2.56 bits per heavy atom. The molecule has 3 aliphatic heterocycles. The average Bonchev–Trinajstić information content (AvgIpc) is 3.11. The van der Waals surface area contributed by atoms with Crippen LogP contribution in [0.1, 0.15) is 37.2 Å². The maximum absolute atomic E-state index is 14.1. The highest BCUT2D eigenvalue weighted by atomic mass is 19.1. The number of likely N-dealkylation sites (tertiary alicyclic amines) is 1. The molecule has 2 amide bonds. The summed E-state index contributed by atoms with van der Waals surface area (Å²) in [4.78, 5) is 18.5. The van der Waals surface area contributed by atoms with Crippen molar-refractivity contribution in [1.82, 2.24) is 15.1 Å². The Morgan fingerprint density at radius 1 is 0.969 bits per heavy atom. The zero-order chi connectivity index (χ0) is 22.1. The fourth-order valence-corrected chi connectivity index (χ4v) is 5.51. The molecule has 2 fully saturated rings. The number of piperidine rings is 1. The first-order valence-corrected chi connectivity index (χ1v) is 11.7. The van der Waals surface area contributed by atoms with E-state index in [4.69, 9.17) is 0 Å².